The first-order valence-electron chi connectivity index (χ1n) is 11.7. The lowest BCUT2D eigenvalue weighted by atomic mass is 9.97. The Hall–Kier alpha value is -3.12. The van der Waals surface area contributed by atoms with Crippen molar-refractivity contribution in [3.63, 3.8) is 0 Å². The van der Waals surface area contributed by atoms with Crippen molar-refractivity contribution < 1.29 is 26.2 Å². The average Bonchev–Trinajstić information content (AvgIpc) is 2.84. The first-order chi connectivity index (χ1) is 17.4. The van der Waals surface area contributed by atoms with Gasteiger partial charge in [0.15, 0.2) is 5.75 Å². The summed E-state index contributed by atoms with van der Waals surface area (Å²) in [5.74, 6) is -1.84. The summed E-state index contributed by atoms with van der Waals surface area (Å²) in [5, 5.41) is 0. The predicted octanol–water partition coefficient (Wildman–Crippen LogP) is 3.14. The predicted molar refractivity (Wildman–Crippen MR) is 140 cm³/mol. The van der Waals surface area contributed by atoms with Gasteiger partial charge in [0.25, 0.3) is 10.1 Å². The second-order valence-corrected chi connectivity index (χ2v) is 12.5. The van der Waals surface area contributed by atoms with Gasteiger partial charge in [0.05, 0.1) is 10.9 Å². The van der Waals surface area contributed by atoms with E-state index in [1.807, 2.05) is 44.2 Å². The molecule has 1 saturated heterocycles. The molecule has 0 spiro atoms. The highest BCUT2D eigenvalue weighted by molar-refractivity contribution is 7.89. The lowest BCUT2D eigenvalue weighted by Crippen LogP contribution is -2.53. The second-order valence-electron chi connectivity index (χ2n) is 9.21. The van der Waals surface area contributed by atoms with E-state index in [1.165, 1.54) is 9.21 Å². The summed E-state index contributed by atoms with van der Waals surface area (Å²) >= 11 is 0. The molecule has 2 heterocycles. The average molecular weight is 544 g/mol. The van der Waals surface area contributed by atoms with Crippen molar-refractivity contribution in [2.75, 3.05) is 25.4 Å². The standard InChI is InChI=1S/C26H29N3O6S2/c1-18-6-4-9-25(20(18)3)37(34,35)29-13-12-28(26(30)17-36(31,32)33)16-24(29)22-8-5-7-21(14-22)23-10-11-27-15-19(23)2/h4-11,14-15,24H,12-13,16-17H2,1-3H3,(H,31,32,33). The minimum Gasteiger partial charge on any atom is -0.338 e. The number of nitrogens with zero attached hydrogens (tertiary/aromatic N) is 3. The summed E-state index contributed by atoms with van der Waals surface area (Å²) in [6, 6.07) is 13.6. The molecular weight excluding hydrogens is 514 g/mol. The highest BCUT2D eigenvalue weighted by atomic mass is 32.2. The quantitative estimate of drug-likeness (QED) is 0.474. The number of aromatic nitrogens is 1. The third-order valence-corrected chi connectivity index (χ3v) is 9.40. The fourth-order valence-corrected chi connectivity index (χ4v) is 7.03. The van der Waals surface area contributed by atoms with Crippen LogP contribution in [0, 0.1) is 20.8 Å². The molecule has 1 fully saturated rings. The third-order valence-electron chi connectivity index (χ3n) is 6.73. The van der Waals surface area contributed by atoms with Gasteiger partial charge >= 0.3 is 0 Å². The minimum atomic E-state index is -4.53. The van der Waals surface area contributed by atoms with Crippen LogP contribution in [-0.4, -0.2) is 66.9 Å². The van der Waals surface area contributed by atoms with Gasteiger partial charge in [-0.2, -0.15) is 12.7 Å². The zero-order chi connectivity index (χ0) is 27.0. The van der Waals surface area contributed by atoms with Crippen molar-refractivity contribution in [2.45, 2.75) is 31.7 Å². The van der Waals surface area contributed by atoms with Gasteiger partial charge < -0.3 is 4.90 Å². The van der Waals surface area contributed by atoms with E-state index in [9.17, 15) is 26.2 Å². The lowest BCUT2D eigenvalue weighted by molar-refractivity contribution is -0.130. The van der Waals surface area contributed by atoms with Crippen molar-refractivity contribution in [3.8, 4) is 11.1 Å². The van der Waals surface area contributed by atoms with E-state index in [0.29, 0.717) is 11.1 Å². The first-order valence-corrected chi connectivity index (χ1v) is 14.8. The van der Waals surface area contributed by atoms with Crippen LogP contribution in [0.5, 0.6) is 0 Å². The minimum absolute atomic E-state index is 0.00188. The van der Waals surface area contributed by atoms with Crippen LogP contribution in [0.3, 0.4) is 0 Å². The van der Waals surface area contributed by atoms with Gasteiger partial charge in [-0.3, -0.25) is 14.3 Å². The van der Waals surface area contributed by atoms with E-state index in [1.54, 1.807) is 37.5 Å². The summed E-state index contributed by atoms with van der Waals surface area (Å²) in [5.41, 5.74) is 4.90. The number of carbonyl (C=O) groups excluding carboxylic acids is 1. The molecule has 3 aromatic rings. The Morgan fingerprint density at radius 1 is 1.00 bits per heavy atom. The number of amides is 1. The van der Waals surface area contributed by atoms with Gasteiger partial charge in [0.1, 0.15) is 0 Å². The van der Waals surface area contributed by atoms with Crippen LogP contribution in [0.25, 0.3) is 11.1 Å². The van der Waals surface area contributed by atoms with Gasteiger partial charge in [-0.05, 0) is 72.4 Å². The molecule has 37 heavy (non-hydrogen) atoms. The number of carbonyl (C=O) groups is 1. The van der Waals surface area contributed by atoms with Crippen molar-refractivity contribution in [2.24, 2.45) is 0 Å². The van der Waals surface area contributed by atoms with Crippen LogP contribution in [0.15, 0.2) is 65.8 Å². The molecule has 0 aliphatic carbocycles. The molecule has 1 aliphatic rings. The molecule has 0 bridgehead atoms. The third kappa shape index (κ3) is 5.74. The Kier molecular flexibility index (Phi) is 7.52. The lowest BCUT2D eigenvalue weighted by Gasteiger charge is -2.41. The van der Waals surface area contributed by atoms with Crippen LogP contribution in [0.1, 0.15) is 28.3 Å². The van der Waals surface area contributed by atoms with E-state index >= 15 is 0 Å². The van der Waals surface area contributed by atoms with Crippen LogP contribution in [-0.2, 0) is 24.9 Å². The molecule has 196 valence electrons. The number of rotatable bonds is 6. The molecule has 1 unspecified atom stereocenters. The molecule has 11 heteroatoms. The SMILES string of the molecule is Cc1cnccc1-c1cccc(C2CN(C(=O)CS(=O)(=O)O)CCN2S(=O)(=O)c2cccc(C)c2C)c1. The Morgan fingerprint density at radius 2 is 1.73 bits per heavy atom. The van der Waals surface area contributed by atoms with Gasteiger partial charge in [0.2, 0.25) is 15.9 Å². The van der Waals surface area contributed by atoms with E-state index < -0.39 is 37.8 Å². The monoisotopic (exact) mass is 543 g/mol. The highest BCUT2D eigenvalue weighted by Gasteiger charge is 2.39. The molecule has 9 nitrogen and oxygen atoms in total. The Bertz CT molecular complexity index is 1550. The van der Waals surface area contributed by atoms with Crippen LogP contribution in [0.4, 0.5) is 0 Å². The summed E-state index contributed by atoms with van der Waals surface area (Å²) in [6.45, 7) is 5.45. The fraction of sp³-hybridized carbons (Fsp3) is 0.308. The number of sulfonamides is 1. The van der Waals surface area contributed by atoms with E-state index in [2.05, 4.69) is 4.98 Å². The van der Waals surface area contributed by atoms with Crippen LogP contribution >= 0.6 is 0 Å². The molecular formula is C26H29N3O6S2. The maximum Gasteiger partial charge on any atom is 0.274 e. The normalized spacial score (nSPS) is 17.1. The largest absolute Gasteiger partial charge is 0.338 e. The topological polar surface area (TPSA) is 125 Å². The molecule has 1 amide bonds. The number of hydrogen-bond acceptors (Lipinski definition) is 6. The second kappa shape index (κ2) is 10.3. The molecule has 1 aliphatic heterocycles. The molecule has 0 radical (unpaired) electrons. The summed E-state index contributed by atoms with van der Waals surface area (Å²) in [7, 11) is -8.49. The van der Waals surface area contributed by atoms with E-state index in [0.717, 1.165) is 22.3 Å². The number of pyridine rings is 1. The smallest absolute Gasteiger partial charge is 0.274 e. The molecule has 2 aromatic carbocycles. The Balaban J connectivity index is 1.79. The molecule has 1 atom stereocenters. The zero-order valence-electron chi connectivity index (χ0n) is 20.8. The van der Waals surface area contributed by atoms with E-state index in [4.69, 9.17) is 0 Å². The number of hydrogen-bond donors (Lipinski definition) is 1. The molecule has 1 N–H and O–H groups in total. The maximum absolute atomic E-state index is 13.9. The number of benzene rings is 2. The Morgan fingerprint density at radius 3 is 2.43 bits per heavy atom. The highest BCUT2D eigenvalue weighted by Crippen LogP contribution is 2.35. The van der Waals surface area contributed by atoms with Crippen LogP contribution in [0.2, 0.25) is 0 Å². The van der Waals surface area contributed by atoms with Crippen molar-refractivity contribution in [1.82, 2.24) is 14.2 Å². The molecule has 1 aromatic heterocycles. The molecule has 0 saturated carbocycles. The first kappa shape index (κ1) is 26.9. The maximum atomic E-state index is 13.9. The summed E-state index contributed by atoms with van der Waals surface area (Å²) in [4.78, 5) is 18.3. The summed E-state index contributed by atoms with van der Waals surface area (Å²) in [6.07, 6.45) is 3.43. The summed E-state index contributed by atoms with van der Waals surface area (Å²) < 4.78 is 61.1. The zero-order valence-corrected chi connectivity index (χ0v) is 22.5. The fourth-order valence-electron chi connectivity index (χ4n) is 4.64. The van der Waals surface area contributed by atoms with Gasteiger partial charge in [-0.25, -0.2) is 8.42 Å². The van der Waals surface area contributed by atoms with Crippen LogP contribution < -0.4 is 0 Å². The number of aryl methyl sites for hydroxylation is 2. The van der Waals surface area contributed by atoms with Crippen molar-refractivity contribution in [1.29, 1.82) is 0 Å². The van der Waals surface area contributed by atoms with E-state index in [-0.39, 0.29) is 24.5 Å². The van der Waals surface area contributed by atoms with Gasteiger partial charge in [-0.1, -0.05) is 30.3 Å². The van der Waals surface area contributed by atoms with Gasteiger partial charge in [0, 0.05) is 32.0 Å². The van der Waals surface area contributed by atoms with Crippen molar-refractivity contribution >= 4 is 26.0 Å². The number of piperazine rings is 1. The van der Waals surface area contributed by atoms with Gasteiger partial charge in [-0.15, -0.1) is 0 Å². The Labute approximate surface area is 217 Å². The molecule has 4 rings (SSSR count). The van der Waals surface area contributed by atoms with Crippen molar-refractivity contribution in [3.05, 3.63) is 83.2 Å².